The monoisotopic (exact) mass is 386 g/mol. The maximum absolute atomic E-state index is 12.7. The Hall–Kier alpha value is -2.08. The van der Waals surface area contributed by atoms with E-state index in [1.807, 2.05) is 0 Å². The lowest BCUT2D eigenvalue weighted by atomic mass is 10.2. The highest BCUT2D eigenvalue weighted by Crippen LogP contribution is 2.31. The third-order valence-corrected chi connectivity index (χ3v) is 5.00. The zero-order valence-corrected chi connectivity index (χ0v) is 15.0. The molecule has 25 heavy (non-hydrogen) atoms. The zero-order valence-electron chi connectivity index (χ0n) is 13.3. The van der Waals surface area contributed by atoms with Crippen LogP contribution in [0, 0.1) is 0 Å². The van der Waals surface area contributed by atoms with Crippen molar-refractivity contribution in [3.05, 3.63) is 47.1 Å². The number of rotatable bonds is 7. The molecule has 0 aliphatic carbocycles. The number of nitrogens with zero attached hydrogens (tertiary/aromatic N) is 2. The number of amides is 1. The molecule has 1 aliphatic rings. The molecular formula is C14H18N4O5S2. The molecule has 11 heteroatoms. The summed E-state index contributed by atoms with van der Waals surface area (Å²) in [6, 6.07) is 8.20. The quantitative estimate of drug-likeness (QED) is 0.587. The van der Waals surface area contributed by atoms with Crippen LogP contribution in [0.4, 0.5) is 0 Å². The van der Waals surface area contributed by atoms with Crippen molar-refractivity contribution < 1.29 is 23.1 Å². The summed E-state index contributed by atoms with van der Waals surface area (Å²) in [4.78, 5) is 26.4. The topological polar surface area (TPSA) is 133 Å². The first-order valence-electron chi connectivity index (χ1n) is 7.11. The molecule has 1 heterocycles. The molecule has 136 valence electrons. The van der Waals surface area contributed by atoms with E-state index in [-0.39, 0.29) is 12.5 Å². The van der Waals surface area contributed by atoms with E-state index in [0.29, 0.717) is 5.56 Å². The molecule has 9 nitrogen and oxygen atoms in total. The van der Waals surface area contributed by atoms with Gasteiger partial charge >= 0.3 is 5.97 Å². The van der Waals surface area contributed by atoms with Gasteiger partial charge in [0, 0.05) is 11.0 Å². The molecule has 1 atom stereocenters. The van der Waals surface area contributed by atoms with Gasteiger partial charge < -0.3 is 15.7 Å². The Morgan fingerprint density at radius 1 is 1.36 bits per heavy atom. The van der Waals surface area contributed by atoms with Crippen LogP contribution in [0.15, 0.2) is 41.6 Å². The second-order valence-corrected chi connectivity index (χ2v) is 7.89. The fourth-order valence-electron chi connectivity index (χ4n) is 2.20. The van der Waals surface area contributed by atoms with Crippen LogP contribution in [-0.4, -0.2) is 60.2 Å². The summed E-state index contributed by atoms with van der Waals surface area (Å²) < 4.78 is 25.3. The lowest BCUT2D eigenvalue weighted by Gasteiger charge is -2.32. The van der Waals surface area contributed by atoms with Crippen molar-refractivity contribution >= 4 is 33.7 Å². The van der Waals surface area contributed by atoms with Crippen LogP contribution in [0.3, 0.4) is 0 Å². The van der Waals surface area contributed by atoms with Gasteiger partial charge in [-0.1, -0.05) is 30.0 Å². The van der Waals surface area contributed by atoms with E-state index in [9.17, 15) is 18.0 Å². The summed E-state index contributed by atoms with van der Waals surface area (Å²) in [5, 5.41) is 10.7. The van der Waals surface area contributed by atoms with Crippen molar-refractivity contribution in [3.63, 3.8) is 0 Å². The minimum atomic E-state index is -3.52. The molecule has 0 saturated heterocycles. The lowest BCUT2D eigenvalue weighted by Crippen LogP contribution is -2.49. The summed E-state index contributed by atoms with van der Waals surface area (Å²) in [5.41, 5.74) is 5.25. The molecule has 1 aliphatic heterocycles. The Morgan fingerprint density at radius 3 is 2.52 bits per heavy atom. The van der Waals surface area contributed by atoms with Gasteiger partial charge in [-0.2, -0.15) is 4.72 Å². The first kappa shape index (κ1) is 19.2. The summed E-state index contributed by atoms with van der Waals surface area (Å²) in [6.07, 6.45) is 1.00. The predicted octanol–water partition coefficient (Wildman–Crippen LogP) is -0.190. The van der Waals surface area contributed by atoms with E-state index in [2.05, 4.69) is 4.72 Å². The molecule has 4 N–H and O–H groups in total. The number of aliphatic carboxylic acids is 1. The molecule has 0 radical (unpaired) electrons. The van der Waals surface area contributed by atoms with Gasteiger partial charge in [-0.3, -0.25) is 14.5 Å². The van der Waals surface area contributed by atoms with Crippen LogP contribution in [0.2, 0.25) is 0 Å². The summed E-state index contributed by atoms with van der Waals surface area (Å²) in [5.74, 6) is -1.50. The Kier molecular flexibility index (Phi) is 6.06. The van der Waals surface area contributed by atoms with Crippen molar-refractivity contribution in [2.45, 2.75) is 5.50 Å². The van der Waals surface area contributed by atoms with Crippen LogP contribution in [0.5, 0.6) is 0 Å². The number of benzene rings is 1. The maximum atomic E-state index is 12.7. The van der Waals surface area contributed by atoms with Crippen molar-refractivity contribution in [1.82, 2.24) is 14.5 Å². The van der Waals surface area contributed by atoms with Crippen molar-refractivity contribution in [1.29, 1.82) is 0 Å². The fraction of sp³-hybridized carbons (Fsp3) is 0.286. The highest BCUT2D eigenvalue weighted by molar-refractivity contribution is 8.03. The molecule has 1 aromatic rings. The largest absolute Gasteiger partial charge is 0.480 e. The summed E-state index contributed by atoms with van der Waals surface area (Å²) >= 11 is 1.08. The minimum absolute atomic E-state index is 0.107. The molecule has 1 unspecified atom stereocenters. The van der Waals surface area contributed by atoms with Crippen LogP contribution < -0.4 is 10.5 Å². The molecule has 0 aromatic heterocycles. The van der Waals surface area contributed by atoms with Gasteiger partial charge in [-0.05, 0) is 12.1 Å². The number of nitrogens with two attached hydrogens (primary N) is 1. The van der Waals surface area contributed by atoms with E-state index in [1.165, 1.54) is 10.3 Å². The second kappa shape index (κ2) is 7.87. The Balaban J connectivity index is 2.31. The number of nitrogens with one attached hydrogen (secondary N) is 1. The molecule has 0 spiro atoms. The van der Waals surface area contributed by atoms with Gasteiger partial charge in [0.2, 0.25) is 10.0 Å². The van der Waals surface area contributed by atoms with E-state index >= 15 is 0 Å². The summed E-state index contributed by atoms with van der Waals surface area (Å²) in [6.45, 7) is -0.688. The molecule has 0 fully saturated rings. The van der Waals surface area contributed by atoms with Crippen molar-refractivity contribution in [2.75, 3.05) is 19.5 Å². The van der Waals surface area contributed by atoms with E-state index in [1.54, 1.807) is 30.3 Å². The van der Waals surface area contributed by atoms with Gasteiger partial charge in [0.25, 0.3) is 5.91 Å². The standard InChI is InChI=1S/C14H18N4O5S2/c1-25(22,23)16-14-18(9-15)11(8-24-14)17(7-12(19)20)13(21)10-5-3-2-4-6-10/h2-6,8,14,16H,7,9,15H2,1H3,(H,19,20). The predicted molar refractivity (Wildman–Crippen MR) is 93.4 cm³/mol. The van der Waals surface area contributed by atoms with Gasteiger partial charge in [0.05, 0.1) is 12.9 Å². The van der Waals surface area contributed by atoms with Crippen LogP contribution in [0.1, 0.15) is 10.4 Å². The van der Waals surface area contributed by atoms with Gasteiger partial charge in [0.15, 0.2) is 0 Å². The van der Waals surface area contributed by atoms with Gasteiger partial charge in [0.1, 0.15) is 17.9 Å². The van der Waals surface area contributed by atoms with E-state index in [0.717, 1.165) is 22.9 Å². The number of carbonyl (C=O) groups is 2. The minimum Gasteiger partial charge on any atom is -0.480 e. The Labute approximate surface area is 149 Å². The molecule has 1 aromatic carbocycles. The normalized spacial score (nSPS) is 17.3. The third-order valence-electron chi connectivity index (χ3n) is 3.23. The second-order valence-electron chi connectivity index (χ2n) is 5.16. The van der Waals surface area contributed by atoms with Crippen LogP contribution in [0.25, 0.3) is 0 Å². The fourth-order valence-corrected chi connectivity index (χ4v) is 4.29. The van der Waals surface area contributed by atoms with Crippen LogP contribution >= 0.6 is 11.8 Å². The third kappa shape index (κ3) is 4.95. The highest BCUT2D eigenvalue weighted by Gasteiger charge is 2.34. The van der Waals surface area contributed by atoms with Gasteiger partial charge in [-0.15, -0.1) is 0 Å². The zero-order chi connectivity index (χ0) is 18.6. The number of thioether (sulfide) groups is 1. The number of hydrogen-bond donors (Lipinski definition) is 3. The highest BCUT2D eigenvalue weighted by atomic mass is 32.2. The molecule has 0 bridgehead atoms. The average molecular weight is 386 g/mol. The number of hydrogen-bond acceptors (Lipinski definition) is 7. The first-order chi connectivity index (χ1) is 11.7. The number of sulfonamides is 1. The maximum Gasteiger partial charge on any atom is 0.323 e. The average Bonchev–Trinajstić information content (AvgIpc) is 2.93. The van der Waals surface area contributed by atoms with E-state index < -0.39 is 33.9 Å². The molecule has 2 rings (SSSR count). The summed E-state index contributed by atoms with van der Waals surface area (Å²) in [7, 11) is -3.52. The van der Waals surface area contributed by atoms with E-state index in [4.69, 9.17) is 10.8 Å². The Bertz CT molecular complexity index is 782. The molecule has 1 amide bonds. The van der Waals surface area contributed by atoms with Crippen molar-refractivity contribution in [2.24, 2.45) is 5.73 Å². The molecular weight excluding hydrogens is 368 g/mol. The number of carbonyl (C=O) groups excluding carboxylic acids is 1. The Morgan fingerprint density at radius 2 is 2.00 bits per heavy atom. The van der Waals surface area contributed by atoms with Crippen molar-refractivity contribution in [3.8, 4) is 0 Å². The smallest absolute Gasteiger partial charge is 0.323 e. The van der Waals surface area contributed by atoms with Crippen LogP contribution in [-0.2, 0) is 14.8 Å². The number of carboxylic acids is 1. The number of carboxylic acid groups (broad SMARTS) is 1. The van der Waals surface area contributed by atoms with Gasteiger partial charge in [-0.25, -0.2) is 8.42 Å². The molecule has 0 saturated carbocycles. The first-order valence-corrected chi connectivity index (χ1v) is 9.94. The SMILES string of the molecule is CS(=O)(=O)NC1SC=C(N(CC(=O)O)C(=O)c2ccccc2)N1CN. The lowest BCUT2D eigenvalue weighted by molar-refractivity contribution is -0.137.